The summed E-state index contributed by atoms with van der Waals surface area (Å²) in [4.78, 5) is 7.19. The SMILES string of the molecule is CCNC(=NCC1(O)CCC1)N1CC2(CCCC2)c2ccccc21.I. The minimum atomic E-state index is -0.565. The summed E-state index contributed by atoms with van der Waals surface area (Å²) in [5.41, 5.74) is 2.54. The van der Waals surface area contributed by atoms with Gasteiger partial charge in [-0.25, -0.2) is 4.99 Å². The van der Waals surface area contributed by atoms with Crippen LogP contribution in [0.15, 0.2) is 29.3 Å². The van der Waals surface area contributed by atoms with Crippen molar-refractivity contribution in [3.05, 3.63) is 29.8 Å². The minimum Gasteiger partial charge on any atom is -0.388 e. The number of nitrogens with zero attached hydrogens (tertiary/aromatic N) is 2. The number of hydrogen-bond acceptors (Lipinski definition) is 2. The van der Waals surface area contributed by atoms with E-state index in [0.29, 0.717) is 12.0 Å². The highest BCUT2D eigenvalue weighted by molar-refractivity contribution is 14.0. The average Bonchev–Trinajstić information content (AvgIpc) is 3.17. The van der Waals surface area contributed by atoms with Gasteiger partial charge >= 0.3 is 0 Å². The van der Waals surface area contributed by atoms with Crippen LogP contribution in [0.4, 0.5) is 5.69 Å². The van der Waals surface area contributed by atoms with Crippen LogP contribution in [0.2, 0.25) is 0 Å². The van der Waals surface area contributed by atoms with Crippen molar-refractivity contribution in [2.75, 3.05) is 24.5 Å². The van der Waals surface area contributed by atoms with Crippen molar-refractivity contribution >= 4 is 35.6 Å². The predicted octanol–water partition coefficient (Wildman–Crippen LogP) is 3.82. The zero-order valence-corrected chi connectivity index (χ0v) is 17.5. The Morgan fingerprint density at radius 1 is 1.16 bits per heavy atom. The Hall–Kier alpha value is -0.820. The monoisotopic (exact) mass is 455 g/mol. The van der Waals surface area contributed by atoms with Crippen LogP contribution >= 0.6 is 24.0 Å². The van der Waals surface area contributed by atoms with Crippen LogP contribution < -0.4 is 10.2 Å². The number of fused-ring (bicyclic) bond motifs is 2. The molecule has 2 fully saturated rings. The topological polar surface area (TPSA) is 47.9 Å². The maximum absolute atomic E-state index is 10.4. The number of para-hydroxylation sites is 1. The Labute approximate surface area is 168 Å². The van der Waals surface area contributed by atoms with E-state index >= 15 is 0 Å². The lowest BCUT2D eigenvalue weighted by atomic mass is 9.80. The second-order valence-corrected chi connectivity index (χ2v) is 7.84. The smallest absolute Gasteiger partial charge is 0.198 e. The molecule has 0 saturated heterocycles. The van der Waals surface area contributed by atoms with Gasteiger partial charge in [0, 0.05) is 24.2 Å². The lowest BCUT2D eigenvalue weighted by Crippen LogP contribution is -2.46. The summed E-state index contributed by atoms with van der Waals surface area (Å²) in [5, 5.41) is 13.9. The second kappa shape index (κ2) is 7.43. The van der Waals surface area contributed by atoms with Gasteiger partial charge in [-0.2, -0.15) is 0 Å². The quantitative estimate of drug-likeness (QED) is 0.414. The van der Waals surface area contributed by atoms with E-state index in [0.717, 1.165) is 38.3 Å². The molecular formula is C20H30IN3O. The summed E-state index contributed by atoms with van der Waals surface area (Å²) in [5.74, 6) is 0.939. The molecule has 1 heterocycles. The van der Waals surface area contributed by atoms with Crippen molar-refractivity contribution in [3.8, 4) is 0 Å². The van der Waals surface area contributed by atoms with Gasteiger partial charge in [0.1, 0.15) is 0 Å². The summed E-state index contributed by atoms with van der Waals surface area (Å²) in [7, 11) is 0. The van der Waals surface area contributed by atoms with Gasteiger partial charge in [0.05, 0.1) is 12.1 Å². The Morgan fingerprint density at radius 2 is 1.88 bits per heavy atom. The standard InChI is InChI=1S/C20H29N3O.HI/c1-2-21-18(22-14-20(24)12-7-13-20)23-15-19(10-5-6-11-19)16-8-3-4-9-17(16)23;/h3-4,8-9,24H,2,5-7,10-15H2,1H3,(H,21,22);1H. The van der Waals surface area contributed by atoms with Crippen molar-refractivity contribution in [3.63, 3.8) is 0 Å². The molecule has 0 atom stereocenters. The summed E-state index contributed by atoms with van der Waals surface area (Å²) in [6.45, 7) is 4.50. The maximum Gasteiger partial charge on any atom is 0.198 e. The van der Waals surface area contributed by atoms with Gasteiger partial charge in [-0.05, 0) is 50.7 Å². The maximum atomic E-state index is 10.4. The van der Waals surface area contributed by atoms with E-state index in [4.69, 9.17) is 4.99 Å². The third kappa shape index (κ3) is 3.42. The van der Waals surface area contributed by atoms with Gasteiger partial charge in [-0.3, -0.25) is 0 Å². The van der Waals surface area contributed by atoms with Gasteiger partial charge in [-0.15, -0.1) is 24.0 Å². The van der Waals surface area contributed by atoms with Gasteiger partial charge in [0.2, 0.25) is 0 Å². The molecule has 2 N–H and O–H groups in total. The number of guanidine groups is 1. The first-order valence-electron chi connectivity index (χ1n) is 9.54. The van der Waals surface area contributed by atoms with Crippen LogP contribution in [-0.2, 0) is 5.41 Å². The van der Waals surface area contributed by atoms with Gasteiger partial charge < -0.3 is 15.3 Å². The molecule has 0 amide bonds. The fraction of sp³-hybridized carbons (Fsp3) is 0.650. The Balaban J connectivity index is 0.00000182. The van der Waals surface area contributed by atoms with Crippen LogP contribution in [0.3, 0.4) is 0 Å². The molecule has 0 bridgehead atoms. The van der Waals surface area contributed by atoms with E-state index < -0.39 is 5.60 Å². The van der Waals surface area contributed by atoms with E-state index in [1.807, 2.05) is 0 Å². The molecule has 3 aliphatic rings. The van der Waals surface area contributed by atoms with Gasteiger partial charge in [-0.1, -0.05) is 31.0 Å². The highest BCUT2D eigenvalue weighted by atomic mass is 127. The lowest BCUT2D eigenvalue weighted by molar-refractivity contribution is -0.0235. The highest BCUT2D eigenvalue weighted by Crippen LogP contribution is 2.50. The van der Waals surface area contributed by atoms with Crippen molar-refractivity contribution in [2.45, 2.75) is 62.9 Å². The zero-order chi connectivity index (χ0) is 16.6. The number of nitrogens with one attached hydrogen (secondary N) is 1. The van der Waals surface area contributed by atoms with E-state index in [1.54, 1.807) is 0 Å². The Bertz CT molecular complexity index is 636. The number of benzene rings is 1. The second-order valence-electron chi connectivity index (χ2n) is 7.84. The first-order chi connectivity index (χ1) is 11.7. The molecule has 138 valence electrons. The molecular weight excluding hydrogens is 425 g/mol. The molecule has 2 saturated carbocycles. The third-order valence-corrected chi connectivity index (χ3v) is 6.19. The van der Waals surface area contributed by atoms with Crippen LogP contribution in [-0.4, -0.2) is 36.3 Å². The lowest BCUT2D eigenvalue weighted by Gasteiger charge is -2.35. The molecule has 0 aromatic heterocycles. The number of rotatable bonds is 3. The first kappa shape index (κ1) is 19.0. The van der Waals surface area contributed by atoms with Gasteiger partial charge in [0.25, 0.3) is 0 Å². The third-order valence-electron chi connectivity index (χ3n) is 6.19. The Kier molecular flexibility index (Phi) is 5.63. The molecule has 0 unspecified atom stereocenters. The molecule has 4 nitrogen and oxygen atoms in total. The summed E-state index contributed by atoms with van der Waals surface area (Å²) < 4.78 is 0. The molecule has 1 aliphatic heterocycles. The molecule has 1 aromatic carbocycles. The van der Waals surface area contributed by atoms with Gasteiger partial charge in [0.15, 0.2) is 5.96 Å². The van der Waals surface area contributed by atoms with Crippen molar-refractivity contribution in [1.29, 1.82) is 0 Å². The van der Waals surface area contributed by atoms with E-state index in [9.17, 15) is 5.11 Å². The summed E-state index contributed by atoms with van der Waals surface area (Å²) in [6, 6.07) is 8.84. The molecule has 25 heavy (non-hydrogen) atoms. The van der Waals surface area contributed by atoms with Crippen molar-refractivity contribution in [2.24, 2.45) is 4.99 Å². The zero-order valence-electron chi connectivity index (χ0n) is 15.1. The average molecular weight is 455 g/mol. The summed E-state index contributed by atoms with van der Waals surface area (Å²) >= 11 is 0. The number of aliphatic hydroxyl groups is 1. The highest BCUT2D eigenvalue weighted by Gasteiger charge is 2.45. The molecule has 5 heteroatoms. The molecule has 2 aliphatic carbocycles. The van der Waals surface area contributed by atoms with E-state index in [1.165, 1.54) is 36.9 Å². The number of aliphatic imine (C=N–C) groups is 1. The fourth-order valence-corrected chi connectivity index (χ4v) is 4.66. The van der Waals surface area contributed by atoms with Crippen LogP contribution in [0.1, 0.15) is 57.4 Å². The Morgan fingerprint density at radius 3 is 2.52 bits per heavy atom. The first-order valence-corrected chi connectivity index (χ1v) is 9.54. The molecule has 1 spiro atoms. The molecule has 4 rings (SSSR count). The predicted molar refractivity (Wildman–Crippen MR) is 114 cm³/mol. The van der Waals surface area contributed by atoms with Crippen molar-refractivity contribution < 1.29 is 5.11 Å². The van der Waals surface area contributed by atoms with Crippen molar-refractivity contribution in [1.82, 2.24) is 5.32 Å². The normalized spacial score (nSPS) is 23.1. The molecule has 1 aromatic rings. The number of hydrogen-bond donors (Lipinski definition) is 2. The van der Waals surface area contributed by atoms with E-state index in [2.05, 4.69) is 41.4 Å². The van der Waals surface area contributed by atoms with Crippen LogP contribution in [0, 0.1) is 0 Å². The molecule has 0 radical (unpaired) electrons. The number of halogens is 1. The fourth-order valence-electron chi connectivity index (χ4n) is 4.66. The largest absolute Gasteiger partial charge is 0.388 e. The number of anilines is 1. The van der Waals surface area contributed by atoms with Crippen LogP contribution in [0.5, 0.6) is 0 Å². The van der Waals surface area contributed by atoms with E-state index in [-0.39, 0.29) is 24.0 Å². The summed E-state index contributed by atoms with van der Waals surface area (Å²) in [6.07, 6.45) is 8.12. The van der Waals surface area contributed by atoms with Crippen LogP contribution in [0.25, 0.3) is 0 Å². The minimum absolute atomic E-state index is 0.